The van der Waals surface area contributed by atoms with E-state index in [2.05, 4.69) is 40.5 Å². The molecule has 0 aliphatic carbocycles. The third-order valence-corrected chi connectivity index (χ3v) is 4.83. The second-order valence-corrected chi connectivity index (χ2v) is 7.02. The van der Waals surface area contributed by atoms with Gasteiger partial charge in [0.15, 0.2) is 6.04 Å². The van der Waals surface area contributed by atoms with E-state index in [0.717, 1.165) is 9.33 Å². The molecule has 2 N–H and O–H groups in total. The highest BCUT2D eigenvalue weighted by Crippen LogP contribution is 2.30. The molecular weight excluding hydrogens is 453 g/mol. The fourth-order valence-corrected chi connectivity index (χ4v) is 3.21. The van der Waals surface area contributed by atoms with Gasteiger partial charge in [-0.3, -0.25) is 0 Å². The number of benzene rings is 1. The summed E-state index contributed by atoms with van der Waals surface area (Å²) in [7, 11) is 0. The predicted molar refractivity (Wildman–Crippen MR) is 106 cm³/mol. The Hall–Kier alpha value is -1.87. The molecule has 2 unspecified atom stereocenters. The van der Waals surface area contributed by atoms with Crippen LogP contribution in [-0.4, -0.2) is 16.8 Å². The summed E-state index contributed by atoms with van der Waals surface area (Å²) in [6, 6.07) is 13.6. The van der Waals surface area contributed by atoms with Crippen LogP contribution in [0.25, 0.3) is 0 Å². The average Bonchev–Trinajstić information content (AvgIpc) is 3.27. The minimum Gasteiger partial charge on any atom is -0.479 e. The van der Waals surface area contributed by atoms with Crippen molar-refractivity contribution < 1.29 is 18.7 Å². The molecule has 0 saturated heterocycles. The number of thiol groups is 1. The largest absolute Gasteiger partial charge is 0.479 e. The van der Waals surface area contributed by atoms with Gasteiger partial charge in [0.25, 0.3) is 0 Å². The first-order valence-corrected chi connectivity index (χ1v) is 9.28. The topological polar surface area (TPSA) is 75.6 Å². The highest BCUT2D eigenvalue weighted by atomic mass is 127. The van der Waals surface area contributed by atoms with Crippen LogP contribution in [0, 0.1) is 3.57 Å². The van der Waals surface area contributed by atoms with Crippen molar-refractivity contribution in [1.82, 2.24) is 0 Å². The number of halogens is 1. The SMILES string of the molecule is O=C(O)C(Nc1ccc(I)cc1)c1ccc(C(CS)c2ccco2)o1. The van der Waals surface area contributed by atoms with E-state index in [1.165, 1.54) is 0 Å². The van der Waals surface area contributed by atoms with E-state index in [1.54, 1.807) is 24.5 Å². The molecule has 130 valence electrons. The lowest BCUT2D eigenvalue weighted by atomic mass is 10.1. The van der Waals surface area contributed by atoms with Crippen molar-refractivity contribution in [2.24, 2.45) is 0 Å². The van der Waals surface area contributed by atoms with Crippen molar-refractivity contribution in [3.8, 4) is 0 Å². The maximum atomic E-state index is 11.7. The lowest BCUT2D eigenvalue weighted by molar-refractivity contribution is -0.138. The molecule has 2 atom stereocenters. The van der Waals surface area contributed by atoms with Crippen LogP contribution in [0.15, 0.2) is 63.6 Å². The zero-order chi connectivity index (χ0) is 17.8. The summed E-state index contributed by atoms with van der Waals surface area (Å²) in [6.07, 6.45) is 1.59. The number of anilines is 1. The first-order chi connectivity index (χ1) is 12.1. The molecule has 3 aromatic rings. The second kappa shape index (κ2) is 8.01. The molecule has 0 spiro atoms. The summed E-state index contributed by atoms with van der Waals surface area (Å²) in [5, 5.41) is 12.6. The lowest BCUT2D eigenvalue weighted by Crippen LogP contribution is -2.20. The van der Waals surface area contributed by atoms with E-state index >= 15 is 0 Å². The van der Waals surface area contributed by atoms with Gasteiger partial charge >= 0.3 is 5.97 Å². The van der Waals surface area contributed by atoms with Crippen LogP contribution in [0.2, 0.25) is 0 Å². The van der Waals surface area contributed by atoms with Gasteiger partial charge < -0.3 is 19.3 Å². The van der Waals surface area contributed by atoms with Gasteiger partial charge in [-0.05, 0) is 71.1 Å². The Morgan fingerprint density at radius 3 is 2.44 bits per heavy atom. The Bertz CT molecular complexity index is 829. The summed E-state index contributed by atoms with van der Waals surface area (Å²) in [5.74, 6) is 0.992. The number of carboxylic acid groups (broad SMARTS) is 1. The maximum absolute atomic E-state index is 11.7. The fraction of sp³-hybridized carbons (Fsp3) is 0.167. The molecule has 5 nitrogen and oxygen atoms in total. The van der Waals surface area contributed by atoms with E-state index in [0.29, 0.717) is 23.0 Å². The van der Waals surface area contributed by atoms with Gasteiger partial charge in [-0.1, -0.05) is 0 Å². The molecule has 25 heavy (non-hydrogen) atoms. The van der Waals surface area contributed by atoms with Crippen LogP contribution in [0.1, 0.15) is 29.2 Å². The summed E-state index contributed by atoms with van der Waals surface area (Å²) >= 11 is 6.55. The first kappa shape index (κ1) is 17.9. The number of carbonyl (C=O) groups is 1. The summed E-state index contributed by atoms with van der Waals surface area (Å²) in [5.41, 5.74) is 0.711. The van der Waals surface area contributed by atoms with Crippen LogP contribution < -0.4 is 5.32 Å². The molecule has 2 heterocycles. The molecule has 1 aromatic carbocycles. The van der Waals surface area contributed by atoms with Crippen molar-refractivity contribution in [2.75, 3.05) is 11.1 Å². The van der Waals surface area contributed by atoms with E-state index in [-0.39, 0.29) is 5.92 Å². The number of nitrogens with one attached hydrogen (secondary N) is 1. The zero-order valence-corrected chi connectivity index (χ0v) is 16.1. The molecule has 0 saturated carbocycles. The molecular formula is C18H16INO4S. The number of furan rings is 2. The van der Waals surface area contributed by atoms with E-state index in [9.17, 15) is 9.90 Å². The molecule has 0 bridgehead atoms. The van der Waals surface area contributed by atoms with Crippen LogP contribution in [0.4, 0.5) is 5.69 Å². The lowest BCUT2D eigenvalue weighted by Gasteiger charge is -2.14. The Morgan fingerprint density at radius 2 is 1.84 bits per heavy atom. The molecule has 0 radical (unpaired) electrons. The van der Waals surface area contributed by atoms with Gasteiger partial charge in [0.2, 0.25) is 0 Å². The van der Waals surface area contributed by atoms with Crippen molar-refractivity contribution in [1.29, 1.82) is 0 Å². The maximum Gasteiger partial charge on any atom is 0.334 e. The van der Waals surface area contributed by atoms with E-state index in [1.807, 2.05) is 30.3 Å². The van der Waals surface area contributed by atoms with Gasteiger partial charge in [0, 0.05) is 15.0 Å². The van der Waals surface area contributed by atoms with Gasteiger partial charge in [0.05, 0.1) is 12.2 Å². The fourth-order valence-electron chi connectivity index (χ4n) is 2.49. The van der Waals surface area contributed by atoms with Crippen molar-refractivity contribution >= 4 is 46.9 Å². The summed E-state index contributed by atoms with van der Waals surface area (Å²) in [6.45, 7) is 0. The predicted octanol–water partition coefficient (Wildman–Crippen LogP) is 4.78. The smallest absolute Gasteiger partial charge is 0.334 e. The standard InChI is InChI=1S/C18H16INO4S/c19-11-3-5-12(6-4-11)20-17(18(21)22)16-8-7-15(24-16)13(10-25)14-2-1-9-23-14/h1-9,13,17,20,25H,10H2,(H,21,22). The van der Waals surface area contributed by atoms with E-state index in [4.69, 9.17) is 8.83 Å². The Balaban J connectivity index is 1.84. The zero-order valence-electron chi connectivity index (χ0n) is 13.1. The highest BCUT2D eigenvalue weighted by Gasteiger charge is 2.26. The molecule has 7 heteroatoms. The number of hydrogen-bond donors (Lipinski definition) is 3. The second-order valence-electron chi connectivity index (χ2n) is 5.41. The molecule has 0 amide bonds. The van der Waals surface area contributed by atoms with Crippen LogP contribution >= 0.6 is 35.2 Å². The molecule has 0 aliphatic heterocycles. The first-order valence-electron chi connectivity index (χ1n) is 7.57. The number of aliphatic carboxylic acids is 1. The monoisotopic (exact) mass is 469 g/mol. The van der Waals surface area contributed by atoms with Crippen molar-refractivity contribution in [2.45, 2.75) is 12.0 Å². The normalized spacial score (nSPS) is 13.4. The summed E-state index contributed by atoms with van der Waals surface area (Å²) in [4.78, 5) is 11.7. The third kappa shape index (κ3) is 4.21. The van der Waals surface area contributed by atoms with Crippen molar-refractivity contribution in [3.63, 3.8) is 0 Å². The Morgan fingerprint density at radius 1 is 1.12 bits per heavy atom. The third-order valence-electron chi connectivity index (χ3n) is 3.75. The van der Waals surface area contributed by atoms with Gasteiger partial charge in [-0.25, -0.2) is 4.79 Å². The average molecular weight is 469 g/mol. The molecule has 3 rings (SSSR count). The number of hydrogen-bond acceptors (Lipinski definition) is 5. The van der Waals surface area contributed by atoms with Gasteiger partial charge in [-0.2, -0.15) is 12.6 Å². The minimum atomic E-state index is -1.01. The quantitative estimate of drug-likeness (QED) is 0.343. The van der Waals surface area contributed by atoms with Crippen LogP contribution in [-0.2, 0) is 4.79 Å². The number of carboxylic acids is 1. The Labute approximate surface area is 164 Å². The van der Waals surface area contributed by atoms with Gasteiger partial charge in [-0.15, -0.1) is 0 Å². The molecule has 0 fully saturated rings. The van der Waals surface area contributed by atoms with Crippen LogP contribution in [0.5, 0.6) is 0 Å². The summed E-state index contributed by atoms with van der Waals surface area (Å²) < 4.78 is 12.3. The van der Waals surface area contributed by atoms with Crippen LogP contribution in [0.3, 0.4) is 0 Å². The van der Waals surface area contributed by atoms with E-state index < -0.39 is 12.0 Å². The molecule has 0 aliphatic rings. The minimum absolute atomic E-state index is 0.167. The van der Waals surface area contributed by atoms with Crippen molar-refractivity contribution in [3.05, 3.63) is 75.6 Å². The highest BCUT2D eigenvalue weighted by molar-refractivity contribution is 14.1. The molecule has 2 aromatic heterocycles. The van der Waals surface area contributed by atoms with Gasteiger partial charge in [0.1, 0.15) is 17.3 Å². The number of rotatable bonds is 7. The Kier molecular flexibility index (Phi) is 5.74.